The highest BCUT2D eigenvalue weighted by atomic mass is 32.2. The molecule has 0 atom stereocenters. The van der Waals surface area contributed by atoms with E-state index in [0.717, 1.165) is 6.07 Å². The number of carbonyl (C=O) groups is 1. The highest BCUT2D eigenvalue weighted by Gasteiger charge is 2.26. The van der Waals surface area contributed by atoms with Crippen LogP contribution in [0, 0.1) is 5.82 Å². The maximum absolute atomic E-state index is 13.4. The van der Waals surface area contributed by atoms with E-state index in [1.807, 2.05) is 0 Å². The normalized spacial score (nSPS) is 15.2. The van der Waals surface area contributed by atoms with Crippen molar-refractivity contribution in [1.82, 2.24) is 4.31 Å². The van der Waals surface area contributed by atoms with E-state index in [1.54, 1.807) is 0 Å². The van der Waals surface area contributed by atoms with Gasteiger partial charge in [0, 0.05) is 13.1 Å². The standard InChI is InChI=1S/C19H20FNO6S/c1-25-19-7-2-14(20)12-17(19)18(22)13-27-15-3-5-16(6-4-15)28(23,24)21-8-10-26-11-9-21/h2-7,12H,8-11,13H2,1H3. The van der Waals surface area contributed by atoms with Gasteiger partial charge in [0.05, 0.1) is 30.8 Å². The molecule has 9 heteroatoms. The highest BCUT2D eigenvalue weighted by molar-refractivity contribution is 7.89. The second-order valence-corrected chi connectivity index (χ2v) is 7.98. The third kappa shape index (κ3) is 4.49. The Morgan fingerprint density at radius 2 is 1.82 bits per heavy atom. The molecule has 0 saturated carbocycles. The van der Waals surface area contributed by atoms with Gasteiger partial charge in [0.25, 0.3) is 0 Å². The molecule has 1 heterocycles. The van der Waals surface area contributed by atoms with Gasteiger partial charge in [-0.25, -0.2) is 12.8 Å². The summed E-state index contributed by atoms with van der Waals surface area (Å²) in [4.78, 5) is 12.4. The third-order valence-electron chi connectivity index (χ3n) is 4.26. The number of carbonyl (C=O) groups excluding carboxylic acids is 1. The lowest BCUT2D eigenvalue weighted by atomic mass is 10.1. The van der Waals surface area contributed by atoms with E-state index in [-0.39, 0.29) is 22.8 Å². The summed E-state index contributed by atoms with van der Waals surface area (Å²) in [5.41, 5.74) is 0.0778. The Hall–Kier alpha value is -2.49. The molecule has 2 aromatic rings. The summed E-state index contributed by atoms with van der Waals surface area (Å²) < 4.78 is 55.6. The predicted molar refractivity (Wildman–Crippen MR) is 98.8 cm³/mol. The minimum Gasteiger partial charge on any atom is -0.496 e. The molecule has 1 fully saturated rings. The molecular weight excluding hydrogens is 389 g/mol. The Morgan fingerprint density at radius 3 is 2.46 bits per heavy atom. The Kier molecular flexibility index (Phi) is 6.28. The molecule has 0 spiro atoms. The largest absolute Gasteiger partial charge is 0.496 e. The summed E-state index contributed by atoms with van der Waals surface area (Å²) in [7, 11) is -2.21. The molecule has 1 aliphatic heterocycles. The average molecular weight is 409 g/mol. The van der Waals surface area contributed by atoms with Gasteiger partial charge in [-0.2, -0.15) is 4.31 Å². The van der Waals surface area contributed by atoms with Crippen molar-refractivity contribution in [3.63, 3.8) is 0 Å². The smallest absolute Gasteiger partial charge is 0.243 e. The number of nitrogens with zero attached hydrogens (tertiary/aromatic N) is 1. The molecule has 0 unspecified atom stereocenters. The van der Waals surface area contributed by atoms with Gasteiger partial charge in [0.2, 0.25) is 15.8 Å². The third-order valence-corrected chi connectivity index (χ3v) is 6.18. The summed E-state index contributed by atoms with van der Waals surface area (Å²) in [6.07, 6.45) is 0. The van der Waals surface area contributed by atoms with Gasteiger partial charge >= 0.3 is 0 Å². The average Bonchev–Trinajstić information content (AvgIpc) is 2.73. The van der Waals surface area contributed by atoms with Crippen LogP contribution in [0.5, 0.6) is 11.5 Å². The second-order valence-electron chi connectivity index (χ2n) is 6.04. The fourth-order valence-corrected chi connectivity index (χ4v) is 4.18. The number of morpholine rings is 1. The molecule has 0 radical (unpaired) electrons. The first-order chi connectivity index (χ1) is 13.4. The van der Waals surface area contributed by atoms with Crippen LogP contribution in [-0.2, 0) is 14.8 Å². The number of hydrogen-bond acceptors (Lipinski definition) is 6. The molecule has 3 rings (SSSR count). The molecule has 0 aliphatic carbocycles. The fraction of sp³-hybridized carbons (Fsp3) is 0.316. The number of sulfonamides is 1. The van der Waals surface area contributed by atoms with Crippen LogP contribution in [0.25, 0.3) is 0 Å². The second kappa shape index (κ2) is 8.68. The lowest BCUT2D eigenvalue weighted by Gasteiger charge is -2.26. The van der Waals surface area contributed by atoms with Crippen LogP contribution in [0.2, 0.25) is 0 Å². The number of halogens is 1. The van der Waals surface area contributed by atoms with E-state index >= 15 is 0 Å². The van der Waals surface area contributed by atoms with Crippen LogP contribution >= 0.6 is 0 Å². The fourth-order valence-electron chi connectivity index (χ4n) is 2.77. The molecule has 1 saturated heterocycles. The molecular formula is C19H20FNO6S. The zero-order valence-corrected chi connectivity index (χ0v) is 16.1. The van der Waals surface area contributed by atoms with Gasteiger partial charge in [-0.15, -0.1) is 0 Å². The van der Waals surface area contributed by atoms with Gasteiger partial charge < -0.3 is 14.2 Å². The summed E-state index contributed by atoms with van der Waals surface area (Å²) in [5, 5.41) is 0. The molecule has 0 N–H and O–H groups in total. The van der Waals surface area contributed by atoms with Crippen molar-refractivity contribution in [3.8, 4) is 11.5 Å². The highest BCUT2D eigenvalue weighted by Crippen LogP contribution is 2.22. The van der Waals surface area contributed by atoms with Crippen molar-refractivity contribution in [2.24, 2.45) is 0 Å². The number of rotatable bonds is 7. The first kappa shape index (κ1) is 20.2. The van der Waals surface area contributed by atoms with Gasteiger partial charge in [-0.05, 0) is 42.5 Å². The SMILES string of the molecule is COc1ccc(F)cc1C(=O)COc1ccc(S(=O)(=O)N2CCOCC2)cc1. The van der Waals surface area contributed by atoms with Crippen LogP contribution < -0.4 is 9.47 Å². The monoisotopic (exact) mass is 409 g/mol. The summed E-state index contributed by atoms with van der Waals surface area (Å²) in [6.45, 7) is 1.02. The predicted octanol–water partition coefficient (Wildman–Crippen LogP) is 2.12. The van der Waals surface area contributed by atoms with E-state index in [1.165, 1.54) is 47.8 Å². The van der Waals surface area contributed by atoms with Crippen LogP contribution in [0.1, 0.15) is 10.4 Å². The van der Waals surface area contributed by atoms with Crippen LogP contribution in [0.15, 0.2) is 47.4 Å². The molecule has 28 heavy (non-hydrogen) atoms. The van der Waals surface area contributed by atoms with Crippen LogP contribution in [0.3, 0.4) is 0 Å². The van der Waals surface area contributed by atoms with Gasteiger partial charge in [-0.1, -0.05) is 0 Å². The van der Waals surface area contributed by atoms with Gasteiger partial charge in [0.15, 0.2) is 6.61 Å². The molecule has 0 aromatic heterocycles. The lowest BCUT2D eigenvalue weighted by Crippen LogP contribution is -2.40. The number of hydrogen-bond donors (Lipinski definition) is 0. The van der Waals surface area contributed by atoms with Crippen molar-refractivity contribution in [2.45, 2.75) is 4.90 Å². The minimum atomic E-state index is -3.59. The van der Waals surface area contributed by atoms with Crippen molar-refractivity contribution in [1.29, 1.82) is 0 Å². The van der Waals surface area contributed by atoms with Crippen molar-refractivity contribution in [3.05, 3.63) is 53.8 Å². The number of Topliss-reactive ketones (excluding diaryl/α,β-unsaturated/α-hetero) is 1. The minimum absolute atomic E-state index is 0.0778. The molecule has 150 valence electrons. The molecule has 7 nitrogen and oxygen atoms in total. The van der Waals surface area contributed by atoms with Crippen molar-refractivity contribution in [2.75, 3.05) is 40.0 Å². The first-order valence-electron chi connectivity index (χ1n) is 8.59. The lowest BCUT2D eigenvalue weighted by molar-refractivity contribution is 0.0730. The number of ether oxygens (including phenoxy) is 3. The zero-order chi connectivity index (χ0) is 20.1. The van der Waals surface area contributed by atoms with Crippen LogP contribution in [-0.4, -0.2) is 58.5 Å². The quantitative estimate of drug-likeness (QED) is 0.652. The zero-order valence-electron chi connectivity index (χ0n) is 15.3. The van der Waals surface area contributed by atoms with E-state index in [0.29, 0.717) is 32.1 Å². The van der Waals surface area contributed by atoms with Crippen molar-refractivity contribution < 1.29 is 31.8 Å². The van der Waals surface area contributed by atoms with E-state index in [2.05, 4.69) is 0 Å². The van der Waals surface area contributed by atoms with Gasteiger partial charge in [0.1, 0.15) is 17.3 Å². The molecule has 2 aromatic carbocycles. The summed E-state index contributed by atoms with van der Waals surface area (Å²) in [5.74, 6) is -0.435. The van der Waals surface area contributed by atoms with Crippen LogP contribution in [0.4, 0.5) is 4.39 Å². The van der Waals surface area contributed by atoms with E-state index < -0.39 is 21.6 Å². The molecule has 0 amide bonds. The Balaban J connectivity index is 1.66. The van der Waals surface area contributed by atoms with E-state index in [4.69, 9.17) is 14.2 Å². The van der Waals surface area contributed by atoms with Gasteiger partial charge in [-0.3, -0.25) is 4.79 Å². The first-order valence-corrected chi connectivity index (χ1v) is 10.0. The maximum atomic E-state index is 13.4. The number of benzene rings is 2. The summed E-state index contributed by atoms with van der Waals surface area (Å²) in [6, 6.07) is 9.45. The Labute approximate surface area is 162 Å². The van der Waals surface area contributed by atoms with E-state index in [9.17, 15) is 17.6 Å². The topological polar surface area (TPSA) is 82.1 Å². The Morgan fingerprint density at radius 1 is 1.14 bits per heavy atom. The molecule has 1 aliphatic rings. The maximum Gasteiger partial charge on any atom is 0.243 e. The number of ketones is 1. The van der Waals surface area contributed by atoms with Crippen molar-refractivity contribution >= 4 is 15.8 Å². The Bertz CT molecular complexity index is 939. The number of methoxy groups -OCH3 is 1. The summed E-state index contributed by atoms with van der Waals surface area (Å²) >= 11 is 0. The molecule has 0 bridgehead atoms.